The van der Waals surface area contributed by atoms with Gasteiger partial charge in [0.05, 0.1) is 5.02 Å². The molecule has 0 spiro atoms. The molecule has 0 aliphatic carbocycles. The summed E-state index contributed by atoms with van der Waals surface area (Å²) in [5, 5.41) is 0.241. The van der Waals surface area contributed by atoms with Gasteiger partial charge >= 0.3 is 0 Å². The number of halogens is 1. The summed E-state index contributed by atoms with van der Waals surface area (Å²) in [6, 6.07) is 3.09. The Kier molecular flexibility index (Phi) is 4.57. The molecule has 1 aromatic rings. The number of hydrogen-bond acceptors (Lipinski definition) is 3. The van der Waals surface area contributed by atoms with Gasteiger partial charge < -0.3 is 5.73 Å². The normalized spacial score (nSPS) is 20.2. The SMILES string of the molecule is Cc1cc(Cl)c(S(=O)(=O)N2CCCC(C)(C)CC2)cc1N. The summed E-state index contributed by atoms with van der Waals surface area (Å²) < 4.78 is 27.2. The number of nitrogens with zero attached hydrogens (tertiary/aromatic N) is 1. The number of hydrogen-bond donors (Lipinski definition) is 1. The topological polar surface area (TPSA) is 63.4 Å². The molecule has 0 bridgehead atoms. The van der Waals surface area contributed by atoms with Crippen LogP contribution in [-0.4, -0.2) is 25.8 Å². The second-order valence-corrected chi connectivity index (χ2v) is 8.87. The average Bonchev–Trinajstić information content (AvgIpc) is 2.55. The molecule has 2 rings (SSSR count). The lowest BCUT2D eigenvalue weighted by Gasteiger charge is -2.23. The lowest BCUT2D eigenvalue weighted by Crippen LogP contribution is -2.32. The second-order valence-electron chi connectivity index (χ2n) is 6.56. The van der Waals surface area contributed by atoms with Gasteiger partial charge in [0.15, 0.2) is 0 Å². The second kappa shape index (κ2) is 5.78. The third-order valence-electron chi connectivity index (χ3n) is 4.24. The Morgan fingerprint density at radius 1 is 1.24 bits per heavy atom. The summed E-state index contributed by atoms with van der Waals surface area (Å²) in [4.78, 5) is 0.118. The molecule has 118 valence electrons. The number of sulfonamides is 1. The zero-order valence-electron chi connectivity index (χ0n) is 12.8. The van der Waals surface area contributed by atoms with E-state index in [9.17, 15) is 8.42 Å². The van der Waals surface area contributed by atoms with Crippen molar-refractivity contribution in [2.75, 3.05) is 18.8 Å². The van der Waals surface area contributed by atoms with Crippen molar-refractivity contribution in [1.82, 2.24) is 4.31 Å². The maximum atomic E-state index is 12.8. The van der Waals surface area contributed by atoms with E-state index in [1.165, 1.54) is 10.4 Å². The molecule has 1 aliphatic heterocycles. The Hall–Kier alpha value is -0.780. The fourth-order valence-electron chi connectivity index (χ4n) is 2.64. The van der Waals surface area contributed by atoms with Crippen LogP contribution in [0.1, 0.15) is 38.7 Å². The highest BCUT2D eigenvalue weighted by atomic mass is 35.5. The van der Waals surface area contributed by atoms with Crippen LogP contribution in [0, 0.1) is 12.3 Å². The van der Waals surface area contributed by atoms with E-state index in [0.717, 1.165) is 24.8 Å². The minimum Gasteiger partial charge on any atom is -0.398 e. The molecular weight excluding hydrogens is 308 g/mol. The maximum Gasteiger partial charge on any atom is 0.244 e. The van der Waals surface area contributed by atoms with Gasteiger partial charge in [0.2, 0.25) is 10.0 Å². The quantitative estimate of drug-likeness (QED) is 0.845. The van der Waals surface area contributed by atoms with Crippen LogP contribution in [0.3, 0.4) is 0 Å². The molecule has 0 aromatic heterocycles. The summed E-state index contributed by atoms with van der Waals surface area (Å²) >= 11 is 6.14. The molecule has 1 aromatic carbocycles. The Balaban J connectivity index is 2.36. The number of nitrogen functional groups attached to an aromatic ring is 1. The average molecular weight is 331 g/mol. The van der Waals surface area contributed by atoms with Crippen LogP contribution < -0.4 is 5.73 Å². The van der Waals surface area contributed by atoms with E-state index in [0.29, 0.717) is 18.8 Å². The van der Waals surface area contributed by atoms with E-state index in [1.807, 2.05) is 6.92 Å². The molecule has 0 radical (unpaired) electrons. The van der Waals surface area contributed by atoms with E-state index in [-0.39, 0.29) is 15.3 Å². The largest absolute Gasteiger partial charge is 0.398 e. The predicted molar refractivity (Wildman–Crippen MR) is 87.0 cm³/mol. The first-order valence-corrected chi connectivity index (χ1v) is 9.01. The van der Waals surface area contributed by atoms with Crippen LogP contribution >= 0.6 is 11.6 Å². The number of nitrogens with two attached hydrogens (primary N) is 1. The molecule has 6 heteroatoms. The predicted octanol–water partition coefficient (Wildman–Crippen LogP) is 3.43. The van der Waals surface area contributed by atoms with E-state index >= 15 is 0 Å². The Labute approximate surface area is 132 Å². The molecule has 0 amide bonds. The Morgan fingerprint density at radius 2 is 1.90 bits per heavy atom. The van der Waals surface area contributed by atoms with Gasteiger partial charge in [-0.3, -0.25) is 0 Å². The number of anilines is 1. The van der Waals surface area contributed by atoms with E-state index in [2.05, 4.69) is 13.8 Å². The molecule has 0 unspecified atom stereocenters. The van der Waals surface area contributed by atoms with Crippen molar-refractivity contribution in [2.24, 2.45) is 5.41 Å². The number of aryl methyl sites for hydroxylation is 1. The van der Waals surface area contributed by atoms with Crippen molar-refractivity contribution in [1.29, 1.82) is 0 Å². The van der Waals surface area contributed by atoms with Gasteiger partial charge in [0.25, 0.3) is 0 Å². The summed E-state index contributed by atoms with van der Waals surface area (Å²) in [5.74, 6) is 0. The molecule has 2 N–H and O–H groups in total. The Bertz CT molecular complexity index is 641. The van der Waals surface area contributed by atoms with Gasteiger partial charge in [-0.15, -0.1) is 0 Å². The lowest BCUT2D eigenvalue weighted by atomic mass is 9.85. The molecule has 4 nitrogen and oxygen atoms in total. The van der Waals surface area contributed by atoms with Gasteiger partial charge in [0.1, 0.15) is 4.90 Å². The molecule has 1 saturated heterocycles. The van der Waals surface area contributed by atoms with Crippen molar-refractivity contribution in [3.63, 3.8) is 0 Å². The molecule has 1 fully saturated rings. The third kappa shape index (κ3) is 3.52. The highest BCUT2D eigenvalue weighted by Gasteiger charge is 2.31. The fraction of sp³-hybridized carbons (Fsp3) is 0.600. The van der Waals surface area contributed by atoms with Gasteiger partial charge in [0, 0.05) is 18.8 Å². The van der Waals surface area contributed by atoms with Crippen molar-refractivity contribution in [3.05, 3.63) is 22.7 Å². The zero-order valence-corrected chi connectivity index (χ0v) is 14.4. The van der Waals surface area contributed by atoms with Crippen molar-refractivity contribution < 1.29 is 8.42 Å². The summed E-state index contributed by atoms with van der Waals surface area (Å²) in [6.07, 6.45) is 2.75. The van der Waals surface area contributed by atoms with Crippen LogP contribution in [0.5, 0.6) is 0 Å². The van der Waals surface area contributed by atoms with Crippen LogP contribution in [0.4, 0.5) is 5.69 Å². The van der Waals surface area contributed by atoms with Crippen LogP contribution in [0.25, 0.3) is 0 Å². The monoisotopic (exact) mass is 330 g/mol. The first kappa shape index (κ1) is 16.6. The van der Waals surface area contributed by atoms with Gasteiger partial charge in [-0.2, -0.15) is 4.31 Å². The van der Waals surface area contributed by atoms with Gasteiger partial charge in [-0.25, -0.2) is 8.42 Å². The Morgan fingerprint density at radius 3 is 2.57 bits per heavy atom. The third-order valence-corrected chi connectivity index (χ3v) is 6.60. The summed E-state index contributed by atoms with van der Waals surface area (Å²) in [6.45, 7) is 7.24. The summed E-state index contributed by atoms with van der Waals surface area (Å²) in [5.41, 5.74) is 7.27. The number of benzene rings is 1. The zero-order chi connectivity index (χ0) is 15.8. The van der Waals surface area contributed by atoms with Crippen LogP contribution in [0.15, 0.2) is 17.0 Å². The molecule has 0 saturated carbocycles. The van der Waals surface area contributed by atoms with Gasteiger partial charge in [-0.05, 0) is 49.3 Å². The summed E-state index contributed by atoms with van der Waals surface area (Å²) in [7, 11) is -3.58. The molecular formula is C15H23ClN2O2S. The highest BCUT2D eigenvalue weighted by molar-refractivity contribution is 7.89. The fourth-order valence-corrected chi connectivity index (χ4v) is 4.72. The molecule has 0 atom stereocenters. The van der Waals surface area contributed by atoms with Gasteiger partial charge in [-0.1, -0.05) is 25.4 Å². The minimum absolute atomic E-state index is 0.118. The molecule has 21 heavy (non-hydrogen) atoms. The first-order valence-electron chi connectivity index (χ1n) is 7.19. The van der Waals surface area contributed by atoms with E-state index in [1.54, 1.807) is 6.07 Å². The molecule has 1 aliphatic rings. The molecule has 1 heterocycles. The maximum absolute atomic E-state index is 12.8. The minimum atomic E-state index is -3.58. The van der Waals surface area contributed by atoms with Crippen LogP contribution in [-0.2, 0) is 10.0 Å². The standard InChI is InChI=1S/C15H23ClN2O2S/c1-11-9-12(16)14(10-13(11)17)21(19,20)18-7-4-5-15(2,3)6-8-18/h9-10H,4-8,17H2,1-3H3. The first-order chi connectivity index (χ1) is 9.63. The van der Waals surface area contributed by atoms with Crippen molar-refractivity contribution in [2.45, 2.75) is 44.9 Å². The van der Waals surface area contributed by atoms with Crippen molar-refractivity contribution in [3.8, 4) is 0 Å². The smallest absolute Gasteiger partial charge is 0.244 e. The van der Waals surface area contributed by atoms with E-state index < -0.39 is 10.0 Å². The number of rotatable bonds is 2. The lowest BCUT2D eigenvalue weighted by molar-refractivity contribution is 0.315. The van der Waals surface area contributed by atoms with Crippen molar-refractivity contribution >= 4 is 27.3 Å². The highest BCUT2D eigenvalue weighted by Crippen LogP contribution is 2.34. The van der Waals surface area contributed by atoms with Crippen LogP contribution in [0.2, 0.25) is 5.02 Å². The van der Waals surface area contributed by atoms with E-state index in [4.69, 9.17) is 17.3 Å².